The molecule has 0 saturated carbocycles. The second-order valence-electron chi connectivity index (χ2n) is 6.31. The summed E-state index contributed by atoms with van der Waals surface area (Å²) in [6.45, 7) is 5.93. The highest BCUT2D eigenvalue weighted by atomic mass is 16.6. The summed E-state index contributed by atoms with van der Waals surface area (Å²) in [7, 11) is 3.40. The molecule has 1 atom stereocenters. The number of amides is 1. The first-order valence-corrected chi connectivity index (χ1v) is 7.41. The Kier molecular flexibility index (Phi) is 6.56. The highest BCUT2D eigenvalue weighted by Crippen LogP contribution is 2.11. The fourth-order valence-corrected chi connectivity index (χ4v) is 2.06. The summed E-state index contributed by atoms with van der Waals surface area (Å²) in [5, 5.41) is 2.89. The van der Waals surface area contributed by atoms with E-state index in [1.165, 1.54) is 0 Å². The molecule has 1 aromatic carbocycles. The molecule has 5 heteroatoms. The van der Waals surface area contributed by atoms with Gasteiger partial charge in [-0.3, -0.25) is 9.59 Å². The molecule has 0 bridgehead atoms. The average Bonchev–Trinajstić information content (AvgIpc) is 2.43. The summed E-state index contributed by atoms with van der Waals surface area (Å²) in [4.78, 5) is 25.9. The van der Waals surface area contributed by atoms with Crippen molar-refractivity contribution in [2.45, 2.75) is 45.4 Å². The first-order chi connectivity index (χ1) is 10.2. The SMILES string of the molecule is CN[C@@H](CC(=O)OC(C)(C)C)C(=O)N(C)Cc1ccccc1. The van der Waals surface area contributed by atoms with E-state index in [4.69, 9.17) is 4.74 Å². The van der Waals surface area contributed by atoms with Gasteiger partial charge in [-0.1, -0.05) is 30.3 Å². The van der Waals surface area contributed by atoms with Crippen LogP contribution in [0.1, 0.15) is 32.8 Å². The summed E-state index contributed by atoms with van der Waals surface area (Å²) in [5.74, 6) is -0.509. The standard InChI is InChI=1S/C17H26N2O3/c1-17(2,3)22-15(20)11-14(18-4)16(21)19(5)12-13-9-7-6-8-10-13/h6-10,14,18H,11-12H2,1-5H3/t14-/m0/s1. The third-order valence-electron chi connectivity index (χ3n) is 3.08. The number of nitrogens with one attached hydrogen (secondary N) is 1. The van der Waals surface area contributed by atoms with Gasteiger partial charge in [-0.15, -0.1) is 0 Å². The Hall–Kier alpha value is -1.88. The van der Waals surface area contributed by atoms with Crippen molar-refractivity contribution in [3.05, 3.63) is 35.9 Å². The maximum Gasteiger partial charge on any atom is 0.308 e. The lowest BCUT2D eigenvalue weighted by Crippen LogP contribution is -2.45. The van der Waals surface area contributed by atoms with Crippen LogP contribution < -0.4 is 5.32 Å². The molecule has 0 radical (unpaired) electrons. The van der Waals surface area contributed by atoms with Crippen molar-refractivity contribution in [3.8, 4) is 0 Å². The van der Waals surface area contributed by atoms with Gasteiger partial charge in [-0.05, 0) is 33.4 Å². The van der Waals surface area contributed by atoms with Gasteiger partial charge in [-0.2, -0.15) is 0 Å². The van der Waals surface area contributed by atoms with Gasteiger partial charge in [0.15, 0.2) is 0 Å². The van der Waals surface area contributed by atoms with E-state index in [2.05, 4.69) is 5.32 Å². The first kappa shape index (κ1) is 18.2. The Bertz CT molecular complexity index is 494. The maximum atomic E-state index is 12.4. The average molecular weight is 306 g/mol. The van der Waals surface area contributed by atoms with Gasteiger partial charge in [0.25, 0.3) is 0 Å². The number of rotatable bonds is 6. The molecule has 0 unspecified atom stereocenters. The lowest BCUT2D eigenvalue weighted by molar-refractivity contribution is -0.157. The highest BCUT2D eigenvalue weighted by Gasteiger charge is 2.26. The number of hydrogen-bond acceptors (Lipinski definition) is 4. The number of esters is 1. The van der Waals surface area contributed by atoms with Crippen LogP contribution in [0.5, 0.6) is 0 Å². The van der Waals surface area contributed by atoms with E-state index in [1.807, 2.05) is 51.1 Å². The van der Waals surface area contributed by atoms with Crippen molar-refractivity contribution in [3.63, 3.8) is 0 Å². The number of nitrogens with zero attached hydrogens (tertiary/aromatic N) is 1. The first-order valence-electron chi connectivity index (χ1n) is 7.41. The molecular formula is C17H26N2O3. The molecule has 0 aliphatic carbocycles. The molecule has 0 aliphatic heterocycles. The van der Waals surface area contributed by atoms with Crippen LogP contribution in [0.15, 0.2) is 30.3 Å². The van der Waals surface area contributed by atoms with Crippen molar-refractivity contribution in [2.75, 3.05) is 14.1 Å². The predicted octanol–water partition coefficient (Wildman–Crippen LogP) is 1.96. The molecule has 0 aliphatic rings. The Balaban J connectivity index is 2.61. The minimum atomic E-state index is -0.580. The van der Waals surface area contributed by atoms with Gasteiger partial charge in [0.05, 0.1) is 12.5 Å². The molecule has 1 aromatic rings. The third kappa shape index (κ3) is 6.26. The van der Waals surface area contributed by atoms with E-state index in [1.54, 1.807) is 19.0 Å². The largest absolute Gasteiger partial charge is 0.460 e. The summed E-state index contributed by atoms with van der Waals surface area (Å²) in [6.07, 6.45) is 0.0196. The summed E-state index contributed by atoms with van der Waals surface area (Å²) < 4.78 is 5.27. The molecule has 0 heterocycles. The molecule has 122 valence electrons. The molecule has 5 nitrogen and oxygen atoms in total. The van der Waals surface area contributed by atoms with Crippen LogP contribution in [0.4, 0.5) is 0 Å². The zero-order valence-electron chi connectivity index (χ0n) is 14.1. The Labute approximate surface area is 132 Å². The van der Waals surface area contributed by atoms with Gasteiger partial charge < -0.3 is 15.0 Å². The minimum Gasteiger partial charge on any atom is -0.460 e. The van der Waals surface area contributed by atoms with Gasteiger partial charge in [0.2, 0.25) is 5.91 Å². The number of likely N-dealkylation sites (N-methyl/N-ethyl adjacent to an activating group) is 2. The zero-order chi connectivity index (χ0) is 16.8. The third-order valence-corrected chi connectivity index (χ3v) is 3.08. The van der Waals surface area contributed by atoms with Gasteiger partial charge in [0, 0.05) is 13.6 Å². The van der Waals surface area contributed by atoms with Crippen molar-refractivity contribution >= 4 is 11.9 Å². The van der Waals surface area contributed by atoms with Crippen molar-refractivity contribution in [1.29, 1.82) is 0 Å². The van der Waals surface area contributed by atoms with Crippen LogP contribution in [0, 0.1) is 0 Å². The lowest BCUT2D eigenvalue weighted by Gasteiger charge is -2.25. The summed E-state index contributed by atoms with van der Waals surface area (Å²) in [6, 6.07) is 9.15. The highest BCUT2D eigenvalue weighted by molar-refractivity contribution is 5.86. The molecule has 22 heavy (non-hydrogen) atoms. The number of carbonyl (C=O) groups excluding carboxylic acids is 2. The Morgan fingerprint density at radius 1 is 1.23 bits per heavy atom. The van der Waals surface area contributed by atoms with E-state index in [0.29, 0.717) is 6.54 Å². The van der Waals surface area contributed by atoms with Crippen molar-refractivity contribution in [1.82, 2.24) is 10.2 Å². The van der Waals surface area contributed by atoms with Crippen LogP contribution in [0.3, 0.4) is 0 Å². The Morgan fingerprint density at radius 3 is 2.32 bits per heavy atom. The Morgan fingerprint density at radius 2 is 1.82 bits per heavy atom. The topological polar surface area (TPSA) is 58.6 Å². The molecule has 1 amide bonds. The van der Waals surface area contributed by atoms with Crippen LogP contribution >= 0.6 is 0 Å². The zero-order valence-corrected chi connectivity index (χ0v) is 14.1. The van der Waals surface area contributed by atoms with E-state index in [9.17, 15) is 9.59 Å². The van der Waals surface area contributed by atoms with Crippen molar-refractivity contribution in [2.24, 2.45) is 0 Å². The second kappa shape index (κ2) is 7.94. The molecule has 0 aromatic heterocycles. The van der Waals surface area contributed by atoms with E-state index in [-0.39, 0.29) is 18.3 Å². The summed E-state index contributed by atoms with van der Waals surface area (Å²) >= 11 is 0. The molecule has 0 fully saturated rings. The monoisotopic (exact) mass is 306 g/mol. The number of benzene rings is 1. The number of carbonyl (C=O) groups is 2. The van der Waals surface area contributed by atoms with Crippen LogP contribution in [-0.2, 0) is 20.9 Å². The van der Waals surface area contributed by atoms with Gasteiger partial charge in [-0.25, -0.2) is 0 Å². The summed E-state index contributed by atoms with van der Waals surface area (Å²) in [5.41, 5.74) is 0.499. The number of hydrogen-bond donors (Lipinski definition) is 1. The molecule has 1 rings (SSSR count). The predicted molar refractivity (Wildman–Crippen MR) is 86.2 cm³/mol. The molecule has 0 saturated heterocycles. The quantitative estimate of drug-likeness (QED) is 0.816. The fraction of sp³-hybridized carbons (Fsp3) is 0.529. The molecule has 1 N–H and O–H groups in total. The minimum absolute atomic E-state index is 0.0196. The molecular weight excluding hydrogens is 280 g/mol. The van der Waals surface area contributed by atoms with Crippen LogP contribution in [-0.4, -0.2) is 42.5 Å². The van der Waals surface area contributed by atoms with Crippen LogP contribution in [0.2, 0.25) is 0 Å². The van der Waals surface area contributed by atoms with Crippen molar-refractivity contribution < 1.29 is 14.3 Å². The second-order valence-corrected chi connectivity index (χ2v) is 6.31. The van der Waals surface area contributed by atoms with Gasteiger partial charge in [0.1, 0.15) is 5.60 Å². The van der Waals surface area contributed by atoms with Crippen LogP contribution in [0.25, 0.3) is 0 Å². The van der Waals surface area contributed by atoms with E-state index in [0.717, 1.165) is 5.56 Å². The fourth-order valence-electron chi connectivity index (χ4n) is 2.06. The number of ether oxygens (including phenoxy) is 1. The van der Waals surface area contributed by atoms with E-state index < -0.39 is 11.6 Å². The maximum absolute atomic E-state index is 12.4. The smallest absolute Gasteiger partial charge is 0.308 e. The lowest BCUT2D eigenvalue weighted by atomic mass is 10.1. The van der Waals surface area contributed by atoms with E-state index >= 15 is 0 Å². The molecule has 0 spiro atoms. The normalized spacial score (nSPS) is 12.6. The van der Waals surface area contributed by atoms with Gasteiger partial charge >= 0.3 is 5.97 Å².